The third kappa shape index (κ3) is 4.24. The molecule has 120 valence electrons. The topological polar surface area (TPSA) is 67.2 Å². The minimum Gasteiger partial charge on any atom is -0.376 e. The molecule has 0 amide bonds. The Morgan fingerprint density at radius 1 is 1.27 bits per heavy atom. The average molecular weight is 333 g/mol. The maximum atomic E-state index is 12.4. The van der Waals surface area contributed by atoms with Crippen LogP contribution in [0.5, 0.6) is 5.75 Å². The summed E-state index contributed by atoms with van der Waals surface area (Å²) >= 11 is 0. The van der Waals surface area contributed by atoms with Crippen LogP contribution in [0.1, 0.15) is 31.9 Å². The molecule has 22 heavy (non-hydrogen) atoms. The smallest absolute Gasteiger partial charge is 0.376 e. The van der Waals surface area contributed by atoms with E-state index in [1.54, 1.807) is 6.92 Å². The second kappa shape index (κ2) is 6.40. The number of nitrogens with zero attached hydrogens (tertiary/aromatic N) is 1. The van der Waals surface area contributed by atoms with Gasteiger partial charge in [-0.05, 0) is 45.4 Å². The van der Waals surface area contributed by atoms with Gasteiger partial charge < -0.3 is 4.18 Å². The highest BCUT2D eigenvalue weighted by Crippen LogP contribution is 2.30. The Morgan fingerprint density at radius 3 is 2.32 bits per heavy atom. The number of benzene rings is 1. The number of halogens is 3. The van der Waals surface area contributed by atoms with Gasteiger partial charge in [-0.15, -0.1) is 0 Å². The molecule has 0 aromatic heterocycles. The van der Waals surface area contributed by atoms with Crippen molar-refractivity contribution in [3.8, 4) is 11.8 Å². The first kappa shape index (κ1) is 18.0. The van der Waals surface area contributed by atoms with Crippen molar-refractivity contribution in [2.45, 2.75) is 32.7 Å². The van der Waals surface area contributed by atoms with E-state index in [-0.39, 0.29) is 17.5 Å². The minimum absolute atomic E-state index is 0.181. The molecule has 1 aromatic carbocycles. The van der Waals surface area contributed by atoms with Gasteiger partial charge in [-0.2, -0.15) is 26.9 Å². The number of hydrogen-bond acceptors (Lipinski definition) is 4. The van der Waals surface area contributed by atoms with Crippen molar-refractivity contribution in [2.75, 3.05) is 0 Å². The highest BCUT2D eigenvalue weighted by molar-refractivity contribution is 7.88. The van der Waals surface area contributed by atoms with Gasteiger partial charge in [-0.1, -0.05) is 11.1 Å². The molecule has 0 unspecified atom stereocenters. The van der Waals surface area contributed by atoms with Crippen molar-refractivity contribution in [3.05, 3.63) is 40.5 Å². The summed E-state index contributed by atoms with van der Waals surface area (Å²) in [5, 5.41) is 8.86. The SMILES string of the molecule is CC(C)=C(C)Cc1cc(C#N)ccc1OS(=O)(=O)C(F)(F)F. The summed E-state index contributed by atoms with van der Waals surface area (Å²) in [6.45, 7) is 5.39. The fourth-order valence-corrected chi connectivity index (χ4v) is 1.99. The van der Waals surface area contributed by atoms with E-state index in [1.807, 2.05) is 19.9 Å². The Bertz CT molecular complexity index is 740. The molecule has 0 aliphatic rings. The van der Waals surface area contributed by atoms with Crippen LogP contribution in [0.15, 0.2) is 29.3 Å². The standard InChI is InChI=1S/C14H14F3NO3S/c1-9(2)10(3)6-12-7-11(8-18)4-5-13(12)21-22(19,20)14(15,16)17/h4-5,7H,6H2,1-3H3. The molecule has 0 saturated carbocycles. The van der Waals surface area contributed by atoms with E-state index >= 15 is 0 Å². The van der Waals surface area contributed by atoms with Crippen molar-refractivity contribution >= 4 is 10.1 Å². The lowest BCUT2D eigenvalue weighted by Gasteiger charge is -2.14. The second-order valence-electron chi connectivity index (χ2n) is 4.87. The monoisotopic (exact) mass is 333 g/mol. The van der Waals surface area contributed by atoms with E-state index in [1.165, 1.54) is 12.1 Å². The largest absolute Gasteiger partial charge is 0.534 e. The van der Waals surface area contributed by atoms with Gasteiger partial charge in [0, 0.05) is 5.56 Å². The van der Waals surface area contributed by atoms with Crippen molar-refractivity contribution in [2.24, 2.45) is 0 Å². The van der Waals surface area contributed by atoms with Crippen molar-refractivity contribution < 1.29 is 25.8 Å². The molecule has 1 rings (SSSR count). The normalized spacial score (nSPS) is 11.7. The molecule has 4 nitrogen and oxygen atoms in total. The summed E-state index contributed by atoms with van der Waals surface area (Å²) < 4.78 is 63.7. The number of nitriles is 1. The predicted octanol–water partition coefficient (Wildman–Crippen LogP) is 3.69. The van der Waals surface area contributed by atoms with Gasteiger partial charge in [0.15, 0.2) is 0 Å². The zero-order valence-corrected chi connectivity index (χ0v) is 13.0. The van der Waals surface area contributed by atoms with E-state index in [0.717, 1.165) is 17.2 Å². The lowest BCUT2D eigenvalue weighted by atomic mass is 10.0. The summed E-state index contributed by atoms with van der Waals surface area (Å²) in [6.07, 6.45) is 0.181. The van der Waals surface area contributed by atoms with Crippen LogP contribution in [0.3, 0.4) is 0 Å². The molecule has 0 bridgehead atoms. The lowest BCUT2D eigenvalue weighted by molar-refractivity contribution is -0.0500. The Balaban J connectivity index is 3.32. The zero-order chi connectivity index (χ0) is 17.1. The predicted molar refractivity (Wildman–Crippen MR) is 74.5 cm³/mol. The van der Waals surface area contributed by atoms with Gasteiger partial charge in [0.25, 0.3) is 0 Å². The highest BCUT2D eigenvalue weighted by atomic mass is 32.2. The van der Waals surface area contributed by atoms with Crippen molar-refractivity contribution in [1.82, 2.24) is 0 Å². The van der Waals surface area contributed by atoms with Crippen LogP contribution in [0.25, 0.3) is 0 Å². The van der Waals surface area contributed by atoms with Gasteiger partial charge >= 0.3 is 15.6 Å². The fraction of sp³-hybridized carbons (Fsp3) is 0.357. The van der Waals surface area contributed by atoms with Crippen LogP contribution in [-0.2, 0) is 16.5 Å². The van der Waals surface area contributed by atoms with Crippen LogP contribution in [0.2, 0.25) is 0 Å². The maximum Gasteiger partial charge on any atom is 0.534 e. The van der Waals surface area contributed by atoms with Crippen LogP contribution < -0.4 is 4.18 Å². The molecular weight excluding hydrogens is 319 g/mol. The van der Waals surface area contributed by atoms with Gasteiger partial charge in [0.1, 0.15) is 5.75 Å². The van der Waals surface area contributed by atoms with Crippen LogP contribution in [-0.4, -0.2) is 13.9 Å². The maximum absolute atomic E-state index is 12.4. The first-order valence-electron chi connectivity index (χ1n) is 6.14. The average Bonchev–Trinajstić information content (AvgIpc) is 2.38. The molecule has 1 aromatic rings. The van der Waals surface area contributed by atoms with E-state index in [0.29, 0.717) is 0 Å². The van der Waals surface area contributed by atoms with Crippen LogP contribution >= 0.6 is 0 Å². The number of alkyl halides is 3. The third-order valence-corrected chi connectivity index (χ3v) is 3.95. The van der Waals surface area contributed by atoms with Gasteiger partial charge in [-0.3, -0.25) is 0 Å². The third-order valence-electron chi connectivity index (χ3n) is 2.98. The number of rotatable bonds is 4. The Labute approximate surface area is 126 Å². The second-order valence-corrected chi connectivity index (χ2v) is 6.41. The van der Waals surface area contributed by atoms with E-state index < -0.39 is 21.4 Å². The fourth-order valence-electron chi connectivity index (χ4n) is 1.50. The molecule has 0 spiro atoms. The summed E-state index contributed by atoms with van der Waals surface area (Å²) in [6, 6.07) is 5.41. The molecule has 0 aliphatic carbocycles. The van der Waals surface area contributed by atoms with E-state index in [4.69, 9.17) is 5.26 Å². The quantitative estimate of drug-likeness (QED) is 0.479. The van der Waals surface area contributed by atoms with Crippen LogP contribution in [0.4, 0.5) is 13.2 Å². The summed E-state index contributed by atoms with van der Waals surface area (Å²) in [5.41, 5.74) is -3.33. The molecule has 0 N–H and O–H groups in total. The van der Waals surface area contributed by atoms with Crippen LogP contribution in [0, 0.1) is 11.3 Å². The first-order valence-corrected chi connectivity index (χ1v) is 7.55. The van der Waals surface area contributed by atoms with Gasteiger partial charge in [0.2, 0.25) is 0 Å². The van der Waals surface area contributed by atoms with Gasteiger partial charge in [-0.25, -0.2) is 0 Å². The summed E-state index contributed by atoms with van der Waals surface area (Å²) in [5.74, 6) is -0.433. The first-order chi connectivity index (χ1) is 9.98. The molecular formula is C14H14F3NO3S. The Kier molecular flexibility index (Phi) is 5.25. The molecule has 0 aliphatic heterocycles. The molecule has 0 saturated heterocycles. The molecule has 0 atom stereocenters. The molecule has 0 fully saturated rings. The Hall–Kier alpha value is -2.01. The number of allylic oxidation sites excluding steroid dienone is 2. The molecule has 0 radical (unpaired) electrons. The van der Waals surface area contributed by atoms with Gasteiger partial charge in [0.05, 0.1) is 11.6 Å². The summed E-state index contributed by atoms with van der Waals surface area (Å²) in [7, 11) is -5.75. The molecule has 8 heteroatoms. The van der Waals surface area contributed by atoms with Crippen molar-refractivity contribution in [3.63, 3.8) is 0 Å². The highest BCUT2D eigenvalue weighted by Gasteiger charge is 2.48. The minimum atomic E-state index is -5.75. The molecule has 0 heterocycles. The van der Waals surface area contributed by atoms with E-state index in [2.05, 4.69) is 4.18 Å². The zero-order valence-electron chi connectivity index (χ0n) is 12.2. The van der Waals surface area contributed by atoms with Crippen molar-refractivity contribution in [1.29, 1.82) is 5.26 Å². The number of hydrogen-bond donors (Lipinski definition) is 0. The lowest BCUT2D eigenvalue weighted by Crippen LogP contribution is -2.28. The Morgan fingerprint density at radius 2 is 1.86 bits per heavy atom. The van der Waals surface area contributed by atoms with E-state index in [9.17, 15) is 21.6 Å². The summed E-state index contributed by atoms with van der Waals surface area (Å²) in [4.78, 5) is 0.